The number of carbonyl (C=O) groups is 6. The van der Waals surface area contributed by atoms with Crippen molar-refractivity contribution in [2.75, 3.05) is 66.6 Å². The maximum Gasteiger partial charge on any atom is 0.472 e. The lowest BCUT2D eigenvalue weighted by atomic mass is 9.89. The van der Waals surface area contributed by atoms with Crippen LogP contribution in [-0.4, -0.2) is 254 Å². The van der Waals surface area contributed by atoms with E-state index in [1.807, 2.05) is 0 Å². The lowest BCUT2D eigenvalue weighted by Gasteiger charge is -2.40. The molecule has 3 heterocycles. The average molecular weight is 1480 g/mol. The zero-order valence-corrected chi connectivity index (χ0v) is 60.0. The molecule has 12 N–H and O–H groups in total. The number of Topliss-reactive ketones (excluding diaryl/α,β-unsaturated/α-hetero) is 6. The van der Waals surface area contributed by atoms with Gasteiger partial charge in [0, 0.05) is 107 Å². The van der Waals surface area contributed by atoms with E-state index < -0.39 is 188 Å². The lowest BCUT2D eigenvalue weighted by molar-refractivity contribution is -0.282. The van der Waals surface area contributed by atoms with Crippen LogP contribution in [0.25, 0.3) is 0 Å². The molecule has 0 spiro atoms. The molecule has 6 rings (SSSR count). The first-order chi connectivity index (χ1) is 47.5. The molecule has 0 aromatic rings. The molecule has 578 valence electrons. The van der Waals surface area contributed by atoms with Gasteiger partial charge in [-0.1, -0.05) is 20.8 Å². The number of carbonyl (C=O) groups excluding carboxylic acids is 6. The van der Waals surface area contributed by atoms with Gasteiger partial charge in [0.15, 0.2) is 18.9 Å². The maximum atomic E-state index is 14.1. The first-order valence-corrected chi connectivity index (χ1v) is 38.8. The molecule has 0 aromatic heterocycles. The zero-order valence-electron chi connectivity index (χ0n) is 58.2. The summed E-state index contributed by atoms with van der Waals surface area (Å²) in [6.45, 7) is 2.90. The van der Waals surface area contributed by atoms with Crippen molar-refractivity contribution in [1.29, 1.82) is 0 Å². The van der Waals surface area contributed by atoms with Crippen molar-refractivity contribution in [2.24, 2.45) is 53.3 Å². The number of aliphatic hydroxyl groups is 10. The summed E-state index contributed by atoms with van der Waals surface area (Å²) in [6, 6.07) is 0. The van der Waals surface area contributed by atoms with Gasteiger partial charge < -0.3 is 94.0 Å². The Hall–Kier alpha value is -2.44. The molecule has 0 bridgehead atoms. The normalized spacial score (nSPS) is 35.9. The van der Waals surface area contributed by atoms with Crippen LogP contribution in [-0.2, 0) is 89.2 Å². The third-order valence-electron chi connectivity index (χ3n) is 20.7. The molecule has 26 atom stereocenters. The zero-order chi connectivity index (χ0) is 73.4. The Labute approximate surface area is 585 Å². The fourth-order valence-corrected chi connectivity index (χ4v) is 16.6. The van der Waals surface area contributed by atoms with E-state index in [1.165, 1.54) is 7.11 Å². The van der Waals surface area contributed by atoms with Crippen LogP contribution in [0.5, 0.6) is 0 Å². The van der Waals surface area contributed by atoms with Gasteiger partial charge in [-0.05, 0) is 114 Å². The fraction of sp³-hybridized carbons (Fsp3) is 0.910. The Morgan fingerprint density at radius 3 is 1.00 bits per heavy atom. The van der Waals surface area contributed by atoms with E-state index in [0.29, 0.717) is 51.4 Å². The number of phosphoric ester groups is 2. The standard InChI is InChI=1S/C67H114O31P2/c1-38-59(78)62(81)56(32-68)94-65(38)89-23-11-17-44(71)14-5-8-20-53(75)50-29-47(74)26-41(50)36-92-99(84,85)98-49-28-43(52(31-49)55(77)22-10-7-16-46(73)19-13-25-91-67-40(3)61(80)64(83)58(34-70)96-67)37-93-100(86,87)97-48-27-42(35-88-4)51(30-48)54(76)21-9-6-15-45(72)18-12-24-90-66-39(2)60(79)63(82)57(33-69)95-66/h38-43,47-52,56-70,74,78-83H,5-37H2,1-4H3,(H,84,85)(H,86,87)/t38?,39?,40?,41-,42-,43-,47+,48+,49+,50?,51?,52?,56?,57?,58?,59+,60+,61+,62-,63-,64-,65+,66+,67+/m0/s1. The highest BCUT2D eigenvalue weighted by Gasteiger charge is 2.49. The van der Waals surface area contributed by atoms with Gasteiger partial charge in [0.2, 0.25) is 0 Å². The largest absolute Gasteiger partial charge is 0.472 e. The molecule has 0 aromatic carbocycles. The van der Waals surface area contributed by atoms with Crippen molar-refractivity contribution in [3.63, 3.8) is 0 Å². The van der Waals surface area contributed by atoms with Crippen LogP contribution < -0.4 is 0 Å². The van der Waals surface area contributed by atoms with E-state index in [1.54, 1.807) is 20.8 Å². The molecule has 6 aliphatic rings. The molecule has 11 unspecified atom stereocenters. The second-order valence-electron chi connectivity index (χ2n) is 28.4. The van der Waals surface area contributed by atoms with E-state index in [9.17, 15) is 98.7 Å². The molecule has 6 fully saturated rings. The summed E-state index contributed by atoms with van der Waals surface area (Å²) < 4.78 is 89.1. The molecule has 3 saturated carbocycles. The first kappa shape index (κ1) is 86.5. The van der Waals surface area contributed by atoms with E-state index in [2.05, 4.69) is 0 Å². The number of hydrogen-bond acceptors (Lipinski definition) is 29. The van der Waals surface area contributed by atoms with Crippen LogP contribution in [0.4, 0.5) is 0 Å². The van der Waals surface area contributed by atoms with Gasteiger partial charge in [-0.15, -0.1) is 0 Å². The van der Waals surface area contributed by atoms with Crippen LogP contribution >= 0.6 is 15.6 Å². The van der Waals surface area contributed by atoms with Gasteiger partial charge in [-0.2, -0.15) is 0 Å². The molecular weight excluding hydrogens is 1360 g/mol. The van der Waals surface area contributed by atoms with Crippen LogP contribution in [0.3, 0.4) is 0 Å². The lowest BCUT2D eigenvalue weighted by Crippen LogP contribution is -2.55. The Morgan fingerprint density at radius 1 is 0.390 bits per heavy atom. The molecule has 31 nitrogen and oxygen atoms in total. The molecule has 0 amide bonds. The molecule has 0 radical (unpaired) electrons. The van der Waals surface area contributed by atoms with E-state index in [0.717, 1.165) is 0 Å². The molecule has 3 aliphatic heterocycles. The van der Waals surface area contributed by atoms with Crippen LogP contribution in [0.15, 0.2) is 0 Å². The second-order valence-corrected chi connectivity index (χ2v) is 31.2. The number of unbranched alkanes of at least 4 members (excludes halogenated alkanes) is 3. The fourth-order valence-electron chi connectivity index (χ4n) is 14.6. The predicted molar refractivity (Wildman–Crippen MR) is 350 cm³/mol. The number of methoxy groups -OCH3 is 1. The van der Waals surface area contributed by atoms with Crippen molar-refractivity contribution in [3.05, 3.63) is 0 Å². The summed E-state index contributed by atoms with van der Waals surface area (Å²) in [5.41, 5.74) is 0. The van der Waals surface area contributed by atoms with Crippen molar-refractivity contribution in [3.8, 4) is 0 Å². The Balaban J connectivity index is 0.959. The number of aliphatic hydroxyl groups excluding tert-OH is 10. The molecule has 33 heteroatoms. The van der Waals surface area contributed by atoms with Gasteiger partial charge in [-0.3, -0.25) is 46.9 Å². The van der Waals surface area contributed by atoms with Crippen molar-refractivity contribution < 1.29 is 150 Å². The number of rotatable bonds is 48. The predicted octanol–water partition coefficient (Wildman–Crippen LogP) is 2.79. The summed E-state index contributed by atoms with van der Waals surface area (Å²) in [6.07, 6.45) is -11.3. The molecule has 100 heavy (non-hydrogen) atoms. The maximum absolute atomic E-state index is 14.1. The third-order valence-corrected chi connectivity index (χ3v) is 22.7. The smallest absolute Gasteiger partial charge is 0.394 e. The topological polar surface area (TPSA) is 481 Å². The number of hydrogen-bond donors (Lipinski definition) is 12. The highest BCUT2D eigenvalue weighted by Crippen LogP contribution is 2.54. The third kappa shape index (κ3) is 26.8. The molecule has 3 aliphatic carbocycles. The Morgan fingerprint density at radius 2 is 0.680 bits per heavy atom. The second kappa shape index (κ2) is 42.8. The number of phosphoric acid groups is 2. The summed E-state index contributed by atoms with van der Waals surface area (Å²) in [7, 11) is -8.40. The summed E-state index contributed by atoms with van der Waals surface area (Å²) >= 11 is 0. The van der Waals surface area contributed by atoms with Crippen LogP contribution in [0.1, 0.15) is 175 Å². The minimum atomic E-state index is -4.94. The van der Waals surface area contributed by atoms with Gasteiger partial charge in [-0.25, -0.2) is 9.13 Å². The highest BCUT2D eigenvalue weighted by atomic mass is 31.2. The van der Waals surface area contributed by atoms with Gasteiger partial charge in [0.25, 0.3) is 0 Å². The van der Waals surface area contributed by atoms with E-state index in [4.69, 9.17) is 51.3 Å². The van der Waals surface area contributed by atoms with Crippen LogP contribution in [0.2, 0.25) is 0 Å². The summed E-state index contributed by atoms with van der Waals surface area (Å²) in [5.74, 6) is -6.77. The van der Waals surface area contributed by atoms with E-state index in [-0.39, 0.29) is 170 Å². The number of ketones is 6. The minimum absolute atomic E-state index is 0.0362. The summed E-state index contributed by atoms with van der Waals surface area (Å²) in [5, 5.41) is 100. The van der Waals surface area contributed by atoms with Gasteiger partial charge in [0.1, 0.15) is 71.3 Å². The van der Waals surface area contributed by atoms with Crippen molar-refractivity contribution in [2.45, 2.75) is 267 Å². The monoisotopic (exact) mass is 1480 g/mol. The van der Waals surface area contributed by atoms with Gasteiger partial charge in [0.05, 0.1) is 89.5 Å². The average Bonchev–Trinajstić information content (AvgIpc) is 1.45. The number of ether oxygens (including phenoxy) is 7. The first-order valence-electron chi connectivity index (χ1n) is 35.8. The van der Waals surface area contributed by atoms with Crippen molar-refractivity contribution >= 4 is 50.3 Å². The molecular formula is C67H114O31P2. The highest BCUT2D eigenvalue weighted by molar-refractivity contribution is 7.47. The Kier molecular flexibility index (Phi) is 37.0. The van der Waals surface area contributed by atoms with E-state index >= 15 is 0 Å². The van der Waals surface area contributed by atoms with Crippen molar-refractivity contribution in [1.82, 2.24) is 0 Å². The SMILES string of the molecule is COC[C@@H]1C[C@@H](OP(=O)(O)OC[C@@H]2C[C@@H](OP(=O)(O)OC[C@@H]3C[C@@H](O)CC3C(=O)CCCCC(=O)CCCO[C@@H]3OC(CO)[C@H](O)[C@H](O)C3C)CC2C(=O)CCCCC(=O)CCCO[C@@H]2OC(CO)[C@H](O)[C@H](O)C2C)CC1C(=O)CCCCC(=O)CCCO[C@@H]1OC(CO)[C@H](O)[C@H](O)C1C. The molecule has 3 saturated heterocycles. The Bertz CT molecular complexity index is 2620. The summed E-state index contributed by atoms with van der Waals surface area (Å²) in [4.78, 5) is 102. The minimum Gasteiger partial charge on any atom is -0.394 e. The van der Waals surface area contributed by atoms with Gasteiger partial charge >= 0.3 is 15.6 Å². The van der Waals surface area contributed by atoms with Crippen LogP contribution in [0, 0.1) is 53.3 Å². The quantitative estimate of drug-likeness (QED) is 0.0308.